The number of aliphatic hydroxyl groups is 1. The van der Waals surface area contributed by atoms with Gasteiger partial charge >= 0.3 is 0 Å². The first-order chi connectivity index (χ1) is 10.5. The lowest BCUT2D eigenvalue weighted by Gasteiger charge is -2.13. The molecule has 120 valence electrons. The van der Waals surface area contributed by atoms with Crippen molar-refractivity contribution in [3.05, 3.63) is 41.2 Å². The number of hydrogen-bond donors (Lipinski definition) is 2. The zero-order chi connectivity index (χ0) is 16.1. The van der Waals surface area contributed by atoms with Gasteiger partial charge in [0.15, 0.2) is 0 Å². The van der Waals surface area contributed by atoms with Crippen LogP contribution < -0.4 is 5.32 Å². The van der Waals surface area contributed by atoms with Gasteiger partial charge in [-0.3, -0.25) is 4.68 Å². The highest BCUT2D eigenvalue weighted by atomic mass is 32.2. The minimum Gasteiger partial charge on any atom is -0.394 e. The van der Waals surface area contributed by atoms with Crippen LogP contribution in [0.5, 0.6) is 0 Å². The number of benzene rings is 1. The first kappa shape index (κ1) is 16.9. The number of aryl methyl sites for hydroxylation is 1. The summed E-state index contributed by atoms with van der Waals surface area (Å²) in [5.74, 6) is 0. The molecule has 0 spiro atoms. The maximum absolute atomic E-state index is 9.09. The van der Waals surface area contributed by atoms with Crippen LogP contribution >= 0.6 is 11.8 Å². The summed E-state index contributed by atoms with van der Waals surface area (Å²) in [5, 5.41) is 17.7. The maximum atomic E-state index is 9.09. The Labute approximate surface area is 136 Å². The second-order valence-electron chi connectivity index (χ2n) is 5.61. The van der Waals surface area contributed by atoms with Crippen LogP contribution in [0.3, 0.4) is 0 Å². The van der Waals surface area contributed by atoms with E-state index in [4.69, 9.17) is 5.11 Å². The Kier molecular flexibility index (Phi) is 5.91. The molecular formula is C17H25N3OS. The molecule has 2 aromatic rings. The highest BCUT2D eigenvalue weighted by Crippen LogP contribution is 2.30. The molecule has 1 aromatic heterocycles. The number of hydrogen-bond acceptors (Lipinski definition) is 4. The van der Waals surface area contributed by atoms with Crippen molar-refractivity contribution in [3.8, 4) is 0 Å². The van der Waals surface area contributed by atoms with Gasteiger partial charge in [-0.25, -0.2) is 0 Å². The first-order valence-electron chi connectivity index (χ1n) is 7.66. The van der Waals surface area contributed by atoms with Gasteiger partial charge in [0.05, 0.1) is 18.8 Å². The van der Waals surface area contributed by atoms with E-state index >= 15 is 0 Å². The fraction of sp³-hybridized carbons (Fsp3) is 0.471. The Hall–Kier alpha value is -1.46. The fourth-order valence-corrected chi connectivity index (χ4v) is 3.39. The van der Waals surface area contributed by atoms with Gasteiger partial charge in [-0.1, -0.05) is 26.0 Å². The van der Waals surface area contributed by atoms with Crippen LogP contribution in [0.1, 0.15) is 30.8 Å². The number of thioether (sulfide) groups is 1. The summed E-state index contributed by atoms with van der Waals surface area (Å²) in [4.78, 5) is 1.27. The second kappa shape index (κ2) is 7.70. The van der Waals surface area contributed by atoms with E-state index < -0.39 is 0 Å². The molecule has 1 aromatic carbocycles. The molecule has 2 rings (SSSR count). The molecule has 0 radical (unpaired) electrons. The van der Waals surface area contributed by atoms with Crippen LogP contribution in [0.15, 0.2) is 29.2 Å². The van der Waals surface area contributed by atoms with Gasteiger partial charge in [-0.05, 0) is 26.0 Å². The molecule has 4 nitrogen and oxygen atoms in total. The van der Waals surface area contributed by atoms with Crippen molar-refractivity contribution < 1.29 is 5.11 Å². The maximum Gasteiger partial charge on any atom is 0.0646 e. The Morgan fingerprint density at radius 2 is 2.00 bits per heavy atom. The van der Waals surface area contributed by atoms with Gasteiger partial charge in [-0.2, -0.15) is 5.10 Å². The van der Waals surface area contributed by atoms with Crippen LogP contribution in [0.4, 0.5) is 5.69 Å². The van der Waals surface area contributed by atoms with E-state index in [1.165, 1.54) is 10.5 Å². The number of aliphatic hydroxyl groups excluding tert-OH is 1. The highest BCUT2D eigenvalue weighted by molar-refractivity contribution is 8.00. The topological polar surface area (TPSA) is 50.1 Å². The van der Waals surface area contributed by atoms with Crippen molar-refractivity contribution in [2.75, 3.05) is 11.9 Å². The van der Waals surface area contributed by atoms with Crippen molar-refractivity contribution >= 4 is 17.4 Å². The summed E-state index contributed by atoms with van der Waals surface area (Å²) in [5.41, 5.74) is 4.51. The second-order valence-corrected chi connectivity index (χ2v) is 7.23. The predicted octanol–water partition coefficient (Wildman–Crippen LogP) is 3.60. The zero-order valence-corrected chi connectivity index (χ0v) is 14.6. The highest BCUT2D eigenvalue weighted by Gasteiger charge is 2.12. The predicted molar refractivity (Wildman–Crippen MR) is 93.5 cm³/mol. The van der Waals surface area contributed by atoms with Gasteiger partial charge in [0, 0.05) is 33.6 Å². The molecule has 0 bridgehead atoms. The Balaban J connectivity index is 2.14. The largest absolute Gasteiger partial charge is 0.394 e. The third-order valence-electron chi connectivity index (χ3n) is 3.55. The molecule has 0 fully saturated rings. The average molecular weight is 319 g/mol. The summed E-state index contributed by atoms with van der Waals surface area (Å²) < 4.78 is 1.88. The molecule has 0 aliphatic heterocycles. The molecule has 0 unspecified atom stereocenters. The zero-order valence-electron chi connectivity index (χ0n) is 13.8. The van der Waals surface area contributed by atoms with E-state index in [1.54, 1.807) is 0 Å². The number of anilines is 1. The Morgan fingerprint density at radius 3 is 2.68 bits per heavy atom. The average Bonchev–Trinajstić information content (AvgIpc) is 2.73. The molecule has 0 saturated heterocycles. The van der Waals surface area contributed by atoms with Gasteiger partial charge in [0.1, 0.15) is 0 Å². The van der Waals surface area contributed by atoms with E-state index in [9.17, 15) is 0 Å². The molecule has 0 amide bonds. The summed E-state index contributed by atoms with van der Waals surface area (Å²) >= 11 is 1.87. The van der Waals surface area contributed by atoms with E-state index in [0.29, 0.717) is 11.8 Å². The Morgan fingerprint density at radius 1 is 1.27 bits per heavy atom. The van der Waals surface area contributed by atoms with E-state index in [1.807, 2.05) is 23.4 Å². The minimum atomic E-state index is 0.114. The smallest absolute Gasteiger partial charge is 0.0646 e. The van der Waals surface area contributed by atoms with Crippen molar-refractivity contribution in [2.24, 2.45) is 0 Å². The molecule has 0 atom stereocenters. The van der Waals surface area contributed by atoms with E-state index in [0.717, 1.165) is 23.6 Å². The SMILES string of the molecule is Cc1nn(CCO)c(C)c1CNc1ccccc1SC(C)C. The molecule has 0 aliphatic carbocycles. The van der Waals surface area contributed by atoms with Gasteiger partial charge < -0.3 is 10.4 Å². The van der Waals surface area contributed by atoms with E-state index in [2.05, 4.69) is 55.5 Å². The first-order valence-corrected chi connectivity index (χ1v) is 8.54. The molecule has 0 saturated carbocycles. The van der Waals surface area contributed by atoms with Crippen molar-refractivity contribution in [1.29, 1.82) is 0 Å². The molecule has 22 heavy (non-hydrogen) atoms. The summed E-state index contributed by atoms with van der Waals surface area (Å²) in [6.45, 7) is 9.89. The van der Waals surface area contributed by atoms with Crippen LogP contribution in [0.25, 0.3) is 0 Å². The third-order valence-corrected chi connectivity index (χ3v) is 4.63. The normalized spacial score (nSPS) is 11.2. The number of nitrogens with zero attached hydrogens (tertiary/aromatic N) is 2. The lowest BCUT2D eigenvalue weighted by Crippen LogP contribution is -2.07. The fourth-order valence-electron chi connectivity index (χ4n) is 2.46. The third kappa shape index (κ3) is 4.05. The minimum absolute atomic E-state index is 0.114. The lowest BCUT2D eigenvalue weighted by molar-refractivity contribution is 0.268. The van der Waals surface area contributed by atoms with Crippen molar-refractivity contribution in [3.63, 3.8) is 0 Å². The van der Waals surface area contributed by atoms with E-state index in [-0.39, 0.29) is 6.61 Å². The number of nitrogens with one attached hydrogen (secondary N) is 1. The van der Waals surface area contributed by atoms with Gasteiger partial charge in [-0.15, -0.1) is 11.8 Å². The number of rotatable bonds is 7. The Bertz CT molecular complexity index is 622. The van der Waals surface area contributed by atoms with Crippen molar-refractivity contribution in [1.82, 2.24) is 9.78 Å². The summed E-state index contributed by atoms with van der Waals surface area (Å²) in [6, 6.07) is 8.41. The molecular weight excluding hydrogens is 294 g/mol. The van der Waals surface area contributed by atoms with Crippen molar-refractivity contribution in [2.45, 2.75) is 50.9 Å². The molecule has 1 heterocycles. The lowest BCUT2D eigenvalue weighted by atomic mass is 10.2. The van der Waals surface area contributed by atoms with Crippen LogP contribution in [-0.2, 0) is 13.1 Å². The monoisotopic (exact) mass is 319 g/mol. The van der Waals surface area contributed by atoms with Gasteiger partial charge in [0.2, 0.25) is 0 Å². The molecule has 5 heteroatoms. The number of para-hydroxylation sites is 1. The summed E-state index contributed by atoms with van der Waals surface area (Å²) in [7, 11) is 0. The van der Waals surface area contributed by atoms with Crippen LogP contribution in [0.2, 0.25) is 0 Å². The van der Waals surface area contributed by atoms with Crippen LogP contribution in [0, 0.1) is 13.8 Å². The molecule has 0 aliphatic rings. The standard InChI is InChI=1S/C17H25N3OS/c1-12(2)22-17-8-6-5-7-16(17)18-11-15-13(3)19-20(9-10-21)14(15)4/h5-8,12,18,21H,9-11H2,1-4H3. The molecule has 2 N–H and O–H groups in total. The van der Waals surface area contributed by atoms with Crippen LogP contribution in [-0.4, -0.2) is 26.7 Å². The van der Waals surface area contributed by atoms with Gasteiger partial charge in [0.25, 0.3) is 0 Å². The quantitative estimate of drug-likeness (QED) is 0.766. The number of aromatic nitrogens is 2. The summed E-state index contributed by atoms with van der Waals surface area (Å²) in [6.07, 6.45) is 0.